The summed E-state index contributed by atoms with van der Waals surface area (Å²) in [6.07, 6.45) is 8.34. The van der Waals surface area contributed by atoms with Crippen LogP contribution in [0.15, 0.2) is 24.3 Å². The molecule has 1 aromatic rings. The molecule has 4 heteroatoms. The molecule has 0 amide bonds. The zero-order valence-corrected chi connectivity index (χ0v) is 20.3. The van der Waals surface area contributed by atoms with Crippen molar-refractivity contribution in [2.75, 3.05) is 45.9 Å². The van der Waals surface area contributed by atoms with Crippen LogP contribution in [0.3, 0.4) is 0 Å². The van der Waals surface area contributed by atoms with Gasteiger partial charge in [0, 0.05) is 38.3 Å². The topological polar surface area (TPSA) is 19.0 Å². The van der Waals surface area contributed by atoms with Crippen molar-refractivity contribution in [2.45, 2.75) is 84.0 Å². The van der Waals surface area contributed by atoms with Crippen molar-refractivity contribution in [3.05, 3.63) is 35.4 Å². The maximum Gasteiger partial charge on any atom is 0.0702 e. The third-order valence-corrected chi connectivity index (χ3v) is 8.06. The fraction of sp³-hybridized carbons (Fsp3) is 0.778. The molecular weight excluding hydrogens is 382 g/mol. The van der Waals surface area contributed by atoms with Crippen molar-refractivity contribution >= 4 is 0 Å². The number of benzene rings is 1. The third-order valence-electron chi connectivity index (χ3n) is 8.06. The first-order chi connectivity index (χ1) is 15.1. The van der Waals surface area contributed by atoms with E-state index >= 15 is 0 Å². The Morgan fingerprint density at radius 2 is 1.71 bits per heavy atom. The maximum absolute atomic E-state index is 6.06. The smallest absolute Gasteiger partial charge is 0.0702 e. The summed E-state index contributed by atoms with van der Waals surface area (Å²) >= 11 is 0. The fourth-order valence-electron chi connectivity index (χ4n) is 5.88. The molecule has 0 spiro atoms. The monoisotopic (exact) mass is 427 g/mol. The Hall–Kier alpha value is -0.940. The second kappa shape index (κ2) is 11.3. The van der Waals surface area contributed by atoms with Crippen molar-refractivity contribution in [1.82, 2.24) is 14.7 Å². The molecule has 0 N–H and O–H groups in total. The molecule has 1 unspecified atom stereocenters. The van der Waals surface area contributed by atoms with Gasteiger partial charge in [0.2, 0.25) is 0 Å². The normalized spacial score (nSPS) is 25.1. The molecule has 4 rings (SSSR count). The van der Waals surface area contributed by atoms with Gasteiger partial charge in [-0.1, -0.05) is 24.3 Å². The summed E-state index contributed by atoms with van der Waals surface area (Å²) in [5.41, 5.74) is 2.93. The third kappa shape index (κ3) is 6.54. The summed E-state index contributed by atoms with van der Waals surface area (Å²) in [4.78, 5) is 8.19. The van der Waals surface area contributed by atoms with Crippen molar-refractivity contribution in [1.29, 1.82) is 0 Å². The molecule has 0 aromatic heterocycles. The van der Waals surface area contributed by atoms with Gasteiger partial charge in [0.15, 0.2) is 0 Å². The van der Waals surface area contributed by atoms with E-state index in [0.29, 0.717) is 12.1 Å². The number of hydrogen-bond acceptors (Lipinski definition) is 4. The second-order valence-electron chi connectivity index (χ2n) is 10.6. The quantitative estimate of drug-likeness (QED) is 0.605. The first kappa shape index (κ1) is 23.2. The van der Waals surface area contributed by atoms with E-state index in [4.69, 9.17) is 4.74 Å². The minimum Gasteiger partial charge on any atom is -0.377 e. The number of hydrogen-bond donors (Lipinski definition) is 0. The molecule has 174 valence electrons. The molecule has 0 saturated carbocycles. The summed E-state index contributed by atoms with van der Waals surface area (Å²) in [6, 6.07) is 10.3. The second-order valence-corrected chi connectivity index (χ2v) is 10.6. The van der Waals surface area contributed by atoms with Crippen molar-refractivity contribution in [3.63, 3.8) is 0 Å². The van der Waals surface area contributed by atoms with E-state index in [0.717, 1.165) is 31.7 Å². The molecule has 3 aliphatic rings. The average molecular weight is 428 g/mol. The molecule has 4 nitrogen and oxygen atoms in total. The van der Waals surface area contributed by atoms with Crippen LogP contribution in [0.4, 0.5) is 0 Å². The van der Waals surface area contributed by atoms with Gasteiger partial charge in [-0.05, 0) is 103 Å². The van der Waals surface area contributed by atoms with Crippen LogP contribution in [0, 0.1) is 12.8 Å². The number of ether oxygens (including phenoxy) is 1. The maximum atomic E-state index is 6.06. The van der Waals surface area contributed by atoms with Crippen LogP contribution in [0.25, 0.3) is 0 Å². The van der Waals surface area contributed by atoms with Crippen LogP contribution in [0.5, 0.6) is 0 Å². The van der Waals surface area contributed by atoms with Gasteiger partial charge >= 0.3 is 0 Å². The van der Waals surface area contributed by atoms with E-state index in [9.17, 15) is 0 Å². The van der Waals surface area contributed by atoms with Gasteiger partial charge in [-0.25, -0.2) is 0 Å². The van der Waals surface area contributed by atoms with Gasteiger partial charge < -0.3 is 9.64 Å². The summed E-state index contributed by atoms with van der Waals surface area (Å²) < 4.78 is 6.06. The number of nitrogens with zero attached hydrogens (tertiary/aromatic N) is 3. The Labute approximate surface area is 190 Å². The molecule has 31 heavy (non-hydrogen) atoms. The highest BCUT2D eigenvalue weighted by molar-refractivity contribution is 5.25. The number of likely N-dealkylation sites (tertiary alicyclic amines) is 2. The molecule has 3 saturated heterocycles. The zero-order chi connectivity index (χ0) is 21.6. The Morgan fingerprint density at radius 1 is 0.968 bits per heavy atom. The van der Waals surface area contributed by atoms with E-state index in [1.165, 1.54) is 82.4 Å². The molecular formula is C27H45N3O. The first-order valence-electron chi connectivity index (χ1n) is 12.9. The minimum absolute atomic E-state index is 0.476. The SMILES string of the molecule is Cc1ccccc1CN1CCC(CN(CC2CCCO2)C2CCN(C(C)C)CC2)CC1. The lowest BCUT2D eigenvalue weighted by molar-refractivity contribution is 0.0202. The van der Waals surface area contributed by atoms with Gasteiger partial charge in [0.1, 0.15) is 0 Å². The number of aryl methyl sites for hydroxylation is 1. The van der Waals surface area contributed by atoms with Gasteiger partial charge in [0.25, 0.3) is 0 Å². The largest absolute Gasteiger partial charge is 0.377 e. The van der Waals surface area contributed by atoms with Crippen LogP contribution < -0.4 is 0 Å². The van der Waals surface area contributed by atoms with E-state index in [-0.39, 0.29) is 0 Å². The lowest BCUT2D eigenvalue weighted by Crippen LogP contribution is -2.50. The molecule has 0 aliphatic carbocycles. The van der Waals surface area contributed by atoms with Gasteiger partial charge in [-0.15, -0.1) is 0 Å². The number of piperidine rings is 2. The fourth-order valence-corrected chi connectivity index (χ4v) is 5.88. The van der Waals surface area contributed by atoms with E-state index in [1.807, 2.05) is 0 Å². The molecule has 3 heterocycles. The standard InChI is InChI=1S/C27H45N3O/c1-22(2)29-16-12-26(13-17-29)30(21-27-9-6-18-31-27)19-24-10-14-28(15-11-24)20-25-8-5-4-7-23(25)3/h4-5,7-8,22,24,26-27H,6,9-21H2,1-3H3. The van der Waals surface area contributed by atoms with Crippen LogP contribution in [-0.4, -0.2) is 78.8 Å². The predicted molar refractivity (Wildman–Crippen MR) is 129 cm³/mol. The lowest BCUT2D eigenvalue weighted by atomic mass is 9.93. The Morgan fingerprint density at radius 3 is 2.35 bits per heavy atom. The van der Waals surface area contributed by atoms with E-state index < -0.39 is 0 Å². The van der Waals surface area contributed by atoms with Crippen LogP contribution in [0.1, 0.15) is 63.5 Å². The van der Waals surface area contributed by atoms with Crippen LogP contribution in [-0.2, 0) is 11.3 Å². The summed E-state index contributed by atoms with van der Waals surface area (Å²) in [7, 11) is 0. The molecule has 1 atom stereocenters. The number of rotatable bonds is 8. The van der Waals surface area contributed by atoms with Gasteiger partial charge in [0.05, 0.1) is 6.10 Å². The Kier molecular flexibility index (Phi) is 8.44. The Bertz CT molecular complexity index is 656. The van der Waals surface area contributed by atoms with Crippen LogP contribution in [0.2, 0.25) is 0 Å². The first-order valence-corrected chi connectivity index (χ1v) is 12.9. The van der Waals surface area contributed by atoms with E-state index in [1.54, 1.807) is 0 Å². The highest BCUT2D eigenvalue weighted by atomic mass is 16.5. The molecule has 1 aromatic carbocycles. The summed E-state index contributed by atoms with van der Waals surface area (Å²) in [5.74, 6) is 0.845. The van der Waals surface area contributed by atoms with Gasteiger partial charge in [-0.3, -0.25) is 9.80 Å². The van der Waals surface area contributed by atoms with Crippen molar-refractivity contribution in [3.8, 4) is 0 Å². The summed E-state index contributed by atoms with van der Waals surface area (Å²) in [5, 5.41) is 0. The molecule has 3 fully saturated rings. The van der Waals surface area contributed by atoms with E-state index in [2.05, 4.69) is 59.7 Å². The molecule has 0 radical (unpaired) electrons. The van der Waals surface area contributed by atoms with Crippen LogP contribution >= 0.6 is 0 Å². The highest BCUT2D eigenvalue weighted by Gasteiger charge is 2.31. The highest BCUT2D eigenvalue weighted by Crippen LogP contribution is 2.26. The predicted octanol–water partition coefficient (Wildman–Crippen LogP) is 4.56. The average Bonchev–Trinajstić information content (AvgIpc) is 3.29. The van der Waals surface area contributed by atoms with Crippen molar-refractivity contribution < 1.29 is 4.74 Å². The Balaban J connectivity index is 1.29. The summed E-state index contributed by atoms with van der Waals surface area (Å²) in [6.45, 7) is 16.5. The zero-order valence-electron chi connectivity index (χ0n) is 20.3. The van der Waals surface area contributed by atoms with Crippen molar-refractivity contribution in [2.24, 2.45) is 5.92 Å². The minimum atomic E-state index is 0.476. The molecule has 0 bridgehead atoms. The van der Waals surface area contributed by atoms with Gasteiger partial charge in [-0.2, -0.15) is 0 Å². The lowest BCUT2D eigenvalue weighted by Gasteiger charge is -2.43. The molecule has 3 aliphatic heterocycles.